The molecule has 0 heterocycles. The molecule has 0 aromatic rings. The minimum absolute atomic E-state index is 1.00. The lowest BCUT2D eigenvalue weighted by atomic mass is 9.91. The molecule has 16 heavy (non-hydrogen) atoms. The first-order chi connectivity index (χ1) is 7.85. The largest absolute Gasteiger partial charge is 0.320 e. The fourth-order valence-electron chi connectivity index (χ4n) is 2.35. The topological polar surface area (TPSA) is 12.0 Å². The van der Waals surface area contributed by atoms with Gasteiger partial charge in [-0.15, -0.1) is 0 Å². The van der Waals surface area contributed by atoms with Crippen molar-refractivity contribution in [3.63, 3.8) is 0 Å². The van der Waals surface area contributed by atoms with E-state index in [0.717, 1.165) is 5.92 Å². The third-order valence-electron chi connectivity index (χ3n) is 3.47. The summed E-state index contributed by atoms with van der Waals surface area (Å²) in [5.41, 5.74) is 0. The van der Waals surface area contributed by atoms with Gasteiger partial charge in [0.2, 0.25) is 0 Å². The number of unbranched alkanes of at least 4 members (excludes halogenated alkanes) is 4. The molecule has 0 aliphatic carbocycles. The van der Waals surface area contributed by atoms with Gasteiger partial charge < -0.3 is 5.32 Å². The lowest BCUT2D eigenvalue weighted by Gasteiger charge is -2.16. The van der Waals surface area contributed by atoms with Gasteiger partial charge in [-0.3, -0.25) is 0 Å². The van der Waals surface area contributed by atoms with Crippen molar-refractivity contribution >= 4 is 0 Å². The van der Waals surface area contributed by atoms with Gasteiger partial charge in [0, 0.05) is 0 Å². The van der Waals surface area contributed by atoms with Crippen LogP contribution in [0.5, 0.6) is 0 Å². The quantitative estimate of drug-likeness (QED) is 0.474. The highest BCUT2D eigenvalue weighted by molar-refractivity contribution is 4.61. The molecule has 0 aliphatic rings. The van der Waals surface area contributed by atoms with E-state index in [-0.39, 0.29) is 0 Å². The van der Waals surface area contributed by atoms with E-state index in [1.165, 1.54) is 70.8 Å². The van der Waals surface area contributed by atoms with E-state index < -0.39 is 0 Å². The molecule has 0 aliphatic heterocycles. The molecule has 1 N–H and O–H groups in total. The number of nitrogens with one attached hydrogen (secondary N) is 1. The first-order valence-electron chi connectivity index (χ1n) is 7.49. The van der Waals surface area contributed by atoms with Gasteiger partial charge in [0.15, 0.2) is 0 Å². The first kappa shape index (κ1) is 16.0. The van der Waals surface area contributed by atoms with Crippen molar-refractivity contribution in [2.75, 3.05) is 13.6 Å². The van der Waals surface area contributed by atoms with E-state index in [1.54, 1.807) is 0 Å². The van der Waals surface area contributed by atoms with Crippen LogP contribution < -0.4 is 5.32 Å². The molecule has 1 heteroatoms. The van der Waals surface area contributed by atoms with Crippen LogP contribution in [0.3, 0.4) is 0 Å². The zero-order valence-electron chi connectivity index (χ0n) is 11.9. The predicted octanol–water partition coefficient (Wildman–Crippen LogP) is 4.76. The van der Waals surface area contributed by atoms with Crippen LogP contribution in [0, 0.1) is 5.92 Å². The monoisotopic (exact) mass is 227 g/mol. The number of rotatable bonds is 12. The van der Waals surface area contributed by atoms with Crippen molar-refractivity contribution in [2.24, 2.45) is 5.92 Å². The van der Waals surface area contributed by atoms with Gasteiger partial charge in [0.05, 0.1) is 0 Å². The van der Waals surface area contributed by atoms with Gasteiger partial charge in [0.25, 0.3) is 0 Å². The zero-order valence-corrected chi connectivity index (χ0v) is 11.9. The maximum absolute atomic E-state index is 3.26. The van der Waals surface area contributed by atoms with E-state index in [4.69, 9.17) is 0 Å². The third-order valence-corrected chi connectivity index (χ3v) is 3.47. The molecule has 0 spiro atoms. The number of hydrogen-bond donors (Lipinski definition) is 1. The molecule has 0 saturated carbocycles. The summed E-state index contributed by atoms with van der Waals surface area (Å²) in [6.45, 7) is 5.79. The standard InChI is InChI=1S/C15H33N/c1-4-6-8-9-12-15(11-7-5-2)13-10-14-16-3/h15-16H,4-14H2,1-3H3. The van der Waals surface area contributed by atoms with Crippen molar-refractivity contribution in [2.45, 2.75) is 78.1 Å². The first-order valence-corrected chi connectivity index (χ1v) is 7.49. The van der Waals surface area contributed by atoms with Gasteiger partial charge in [-0.05, 0) is 32.4 Å². The maximum atomic E-state index is 3.26. The Labute approximate surface area is 103 Å². The Kier molecular flexibility index (Phi) is 13.0. The molecule has 0 radical (unpaired) electrons. The van der Waals surface area contributed by atoms with Crippen LogP contribution in [0.4, 0.5) is 0 Å². The van der Waals surface area contributed by atoms with Crippen LogP contribution >= 0.6 is 0 Å². The van der Waals surface area contributed by atoms with Crippen LogP contribution in [0.25, 0.3) is 0 Å². The normalized spacial score (nSPS) is 12.9. The van der Waals surface area contributed by atoms with Gasteiger partial charge in [0.1, 0.15) is 0 Å². The highest BCUT2D eigenvalue weighted by Gasteiger charge is 2.07. The lowest BCUT2D eigenvalue weighted by molar-refractivity contribution is 0.377. The van der Waals surface area contributed by atoms with Gasteiger partial charge in [-0.2, -0.15) is 0 Å². The third kappa shape index (κ3) is 10.5. The summed E-state index contributed by atoms with van der Waals surface area (Å²) in [5.74, 6) is 1.00. The predicted molar refractivity (Wildman–Crippen MR) is 74.9 cm³/mol. The molecule has 0 rings (SSSR count). The highest BCUT2D eigenvalue weighted by Crippen LogP contribution is 2.21. The smallest absolute Gasteiger partial charge is 0.00518 e. The van der Waals surface area contributed by atoms with Crippen molar-refractivity contribution in [3.05, 3.63) is 0 Å². The molecule has 0 aromatic carbocycles. The fourth-order valence-corrected chi connectivity index (χ4v) is 2.35. The molecule has 0 bridgehead atoms. The Hall–Kier alpha value is -0.0400. The second-order valence-electron chi connectivity index (χ2n) is 5.10. The molecule has 0 aromatic heterocycles. The van der Waals surface area contributed by atoms with Crippen molar-refractivity contribution in [1.82, 2.24) is 5.32 Å². The number of hydrogen-bond acceptors (Lipinski definition) is 1. The van der Waals surface area contributed by atoms with E-state index in [9.17, 15) is 0 Å². The Morgan fingerprint density at radius 3 is 2.00 bits per heavy atom. The Morgan fingerprint density at radius 1 is 0.750 bits per heavy atom. The summed E-state index contributed by atoms with van der Waals surface area (Å²) >= 11 is 0. The molecule has 1 unspecified atom stereocenters. The lowest BCUT2D eigenvalue weighted by Crippen LogP contribution is -2.10. The van der Waals surface area contributed by atoms with Crippen LogP contribution in [0.15, 0.2) is 0 Å². The summed E-state index contributed by atoms with van der Waals surface area (Å²) in [4.78, 5) is 0. The highest BCUT2D eigenvalue weighted by atomic mass is 14.8. The Balaban J connectivity index is 3.54. The van der Waals surface area contributed by atoms with E-state index in [2.05, 4.69) is 26.2 Å². The van der Waals surface area contributed by atoms with E-state index in [1.807, 2.05) is 0 Å². The van der Waals surface area contributed by atoms with Crippen LogP contribution in [0.1, 0.15) is 78.1 Å². The maximum Gasteiger partial charge on any atom is -0.00518 e. The van der Waals surface area contributed by atoms with Crippen molar-refractivity contribution in [1.29, 1.82) is 0 Å². The average molecular weight is 227 g/mol. The van der Waals surface area contributed by atoms with E-state index >= 15 is 0 Å². The molecular weight excluding hydrogens is 194 g/mol. The second-order valence-corrected chi connectivity index (χ2v) is 5.10. The van der Waals surface area contributed by atoms with Crippen molar-refractivity contribution in [3.8, 4) is 0 Å². The average Bonchev–Trinajstić information content (AvgIpc) is 2.31. The molecule has 0 fully saturated rings. The fraction of sp³-hybridized carbons (Fsp3) is 1.00. The summed E-state index contributed by atoms with van der Waals surface area (Å²) in [6, 6.07) is 0. The van der Waals surface area contributed by atoms with Gasteiger partial charge >= 0.3 is 0 Å². The Bertz CT molecular complexity index is 123. The molecule has 98 valence electrons. The SMILES string of the molecule is CCCCCCC(CCCC)CCCNC. The molecule has 1 nitrogen and oxygen atoms in total. The van der Waals surface area contributed by atoms with Crippen LogP contribution in [-0.4, -0.2) is 13.6 Å². The molecule has 0 saturated heterocycles. The van der Waals surface area contributed by atoms with E-state index in [0.29, 0.717) is 0 Å². The zero-order chi connectivity index (χ0) is 12.1. The van der Waals surface area contributed by atoms with Crippen molar-refractivity contribution < 1.29 is 0 Å². The Morgan fingerprint density at radius 2 is 1.38 bits per heavy atom. The second kappa shape index (κ2) is 13.0. The van der Waals surface area contributed by atoms with Gasteiger partial charge in [-0.25, -0.2) is 0 Å². The minimum Gasteiger partial charge on any atom is -0.320 e. The van der Waals surface area contributed by atoms with Gasteiger partial charge in [-0.1, -0.05) is 65.2 Å². The summed E-state index contributed by atoms with van der Waals surface area (Å²) in [7, 11) is 2.06. The molecule has 0 amide bonds. The molecule has 1 atom stereocenters. The molecular formula is C15H33N. The summed E-state index contributed by atoms with van der Waals surface area (Å²) in [5, 5.41) is 3.26. The van der Waals surface area contributed by atoms with Crippen LogP contribution in [0.2, 0.25) is 0 Å². The van der Waals surface area contributed by atoms with Crippen LogP contribution in [-0.2, 0) is 0 Å². The minimum atomic E-state index is 1.00. The summed E-state index contributed by atoms with van der Waals surface area (Å²) < 4.78 is 0. The summed E-state index contributed by atoms with van der Waals surface area (Å²) in [6.07, 6.45) is 14.2.